The van der Waals surface area contributed by atoms with E-state index in [1.165, 1.54) is 22.5 Å². The molecule has 3 N–H and O–H groups in total. The largest absolute Gasteiger partial charge is 0.397 e. The third kappa shape index (κ3) is 3.09. The van der Waals surface area contributed by atoms with Crippen LogP contribution in [0.5, 0.6) is 0 Å². The molecule has 1 aromatic carbocycles. The normalized spacial score (nSPS) is 16.4. The first-order valence-corrected chi connectivity index (χ1v) is 8.46. The van der Waals surface area contributed by atoms with E-state index in [2.05, 4.69) is 0 Å². The summed E-state index contributed by atoms with van der Waals surface area (Å²) in [6.45, 7) is 0.299. The van der Waals surface area contributed by atoms with Crippen molar-refractivity contribution < 1.29 is 13.5 Å². The Hall–Kier alpha value is -0.820. The van der Waals surface area contributed by atoms with Gasteiger partial charge < -0.3 is 10.8 Å². The molecule has 0 amide bonds. The molecule has 7 heteroatoms. The van der Waals surface area contributed by atoms with Gasteiger partial charge >= 0.3 is 0 Å². The number of benzene rings is 1. The van der Waals surface area contributed by atoms with E-state index in [4.69, 9.17) is 22.4 Å². The van der Waals surface area contributed by atoms with Crippen LogP contribution < -0.4 is 5.73 Å². The first-order chi connectivity index (χ1) is 9.46. The van der Waals surface area contributed by atoms with Crippen LogP contribution in [0.2, 0.25) is 5.02 Å². The highest BCUT2D eigenvalue weighted by Crippen LogP contribution is 2.31. The monoisotopic (exact) mass is 318 g/mol. The van der Waals surface area contributed by atoms with Crippen molar-refractivity contribution in [2.45, 2.75) is 36.6 Å². The van der Waals surface area contributed by atoms with Crippen LogP contribution in [0.15, 0.2) is 23.1 Å². The maximum Gasteiger partial charge on any atom is 0.243 e. The van der Waals surface area contributed by atoms with E-state index >= 15 is 0 Å². The summed E-state index contributed by atoms with van der Waals surface area (Å²) in [5, 5.41) is 9.29. The maximum atomic E-state index is 12.7. The molecule has 1 aliphatic rings. The molecule has 0 atom stereocenters. The fourth-order valence-electron chi connectivity index (χ4n) is 2.22. The van der Waals surface area contributed by atoms with Crippen LogP contribution in [-0.4, -0.2) is 37.0 Å². The number of nitrogens with two attached hydrogens (primary N) is 1. The molecule has 0 radical (unpaired) electrons. The van der Waals surface area contributed by atoms with Crippen molar-refractivity contribution in [2.75, 3.05) is 18.9 Å². The average Bonchev–Trinajstić information content (AvgIpc) is 2.35. The SMILES string of the molecule is Nc1cc(S(=O)(=O)N(CCCO)C2CCC2)ccc1Cl. The molecular weight excluding hydrogens is 300 g/mol. The van der Waals surface area contributed by atoms with E-state index in [9.17, 15) is 8.42 Å². The van der Waals surface area contributed by atoms with Crippen molar-refractivity contribution in [2.24, 2.45) is 0 Å². The predicted molar refractivity (Wildman–Crippen MR) is 79.1 cm³/mol. The first-order valence-electron chi connectivity index (χ1n) is 6.64. The van der Waals surface area contributed by atoms with Gasteiger partial charge in [-0.1, -0.05) is 18.0 Å². The average molecular weight is 319 g/mol. The Labute approximate surface area is 124 Å². The molecule has 20 heavy (non-hydrogen) atoms. The van der Waals surface area contributed by atoms with Crippen LogP contribution in [-0.2, 0) is 10.0 Å². The minimum atomic E-state index is -3.59. The Bertz CT molecular complexity index is 573. The standard InChI is InChI=1S/C13H19ClN2O3S/c14-12-6-5-11(9-13(12)15)20(18,19)16(7-2-8-17)10-3-1-4-10/h5-6,9-10,17H,1-4,7-8,15H2. The van der Waals surface area contributed by atoms with E-state index in [1.54, 1.807) is 0 Å². The van der Waals surface area contributed by atoms with Gasteiger partial charge in [0.05, 0.1) is 15.6 Å². The van der Waals surface area contributed by atoms with Crippen molar-refractivity contribution in [3.05, 3.63) is 23.2 Å². The zero-order valence-electron chi connectivity index (χ0n) is 11.1. The number of sulfonamides is 1. The van der Waals surface area contributed by atoms with Gasteiger partial charge in [0.2, 0.25) is 10.0 Å². The summed E-state index contributed by atoms with van der Waals surface area (Å²) in [5.41, 5.74) is 5.94. The van der Waals surface area contributed by atoms with E-state index in [0.29, 0.717) is 18.0 Å². The number of rotatable bonds is 6. The second-order valence-corrected chi connectivity index (χ2v) is 7.26. The second-order valence-electron chi connectivity index (χ2n) is 4.96. The lowest BCUT2D eigenvalue weighted by Gasteiger charge is -2.36. The van der Waals surface area contributed by atoms with Gasteiger partial charge in [0, 0.05) is 19.2 Å². The molecule has 0 heterocycles. The van der Waals surface area contributed by atoms with E-state index in [0.717, 1.165) is 19.3 Å². The van der Waals surface area contributed by atoms with Crippen LogP contribution in [0, 0.1) is 0 Å². The van der Waals surface area contributed by atoms with Gasteiger partial charge in [-0.2, -0.15) is 4.31 Å². The van der Waals surface area contributed by atoms with Crippen LogP contribution in [0.1, 0.15) is 25.7 Å². The van der Waals surface area contributed by atoms with Gasteiger partial charge in [0.25, 0.3) is 0 Å². The molecule has 2 rings (SSSR count). The Morgan fingerprint density at radius 1 is 1.40 bits per heavy atom. The molecule has 0 aliphatic heterocycles. The minimum absolute atomic E-state index is 0.0263. The molecule has 1 fully saturated rings. The zero-order chi connectivity index (χ0) is 14.8. The molecule has 1 saturated carbocycles. The fourth-order valence-corrected chi connectivity index (χ4v) is 4.09. The molecule has 1 aromatic rings. The van der Waals surface area contributed by atoms with Crippen molar-refractivity contribution in [3.8, 4) is 0 Å². The summed E-state index contributed by atoms with van der Waals surface area (Å²) in [4.78, 5) is 0.157. The molecule has 0 aromatic heterocycles. The third-order valence-corrected chi connectivity index (χ3v) is 5.88. The second kappa shape index (κ2) is 6.30. The predicted octanol–water partition coefficient (Wildman–Crippen LogP) is 1.85. The van der Waals surface area contributed by atoms with Gasteiger partial charge in [0.1, 0.15) is 0 Å². The zero-order valence-corrected chi connectivity index (χ0v) is 12.7. The molecule has 0 saturated heterocycles. The number of aliphatic hydroxyl groups excluding tert-OH is 1. The summed E-state index contributed by atoms with van der Waals surface area (Å²) in [7, 11) is -3.59. The highest BCUT2D eigenvalue weighted by atomic mass is 35.5. The highest BCUT2D eigenvalue weighted by Gasteiger charge is 2.34. The lowest BCUT2D eigenvalue weighted by atomic mass is 9.93. The Kier molecular flexibility index (Phi) is 4.90. The Morgan fingerprint density at radius 3 is 2.60 bits per heavy atom. The summed E-state index contributed by atoms with van der Waals surface area (Å²) in [6, 6.07) is 4.39. The van der Waals surface area contributed by atoms with Gasteiger partial charge in [-0.05, 0) is 37.5 Å². The molecule has 0 unspecified atom stereocenters. The lowest BCUT2D eigenvalue weighted by Crippen LogP contribution is -2.44. The summed E-state index contributed by atoms with van der Waals surface area (Å²) < 4.78 is 26.8. The lowest BCUT2D eigenvalue weighted by molar-refractivity contribution is 0.198. The summed E-state index contributed by atoms with van der Waals surface area (Å²) in [6.07, 6.45) is 3.21. The van der Waals surface area contributed by atoms with Crippen molar-refractivity contribution >= 4 is 27.3 Å². The quantitative estimate of drug-likeness (QED) is 0.784. The molecule has 112 valence electrons. The van der Waals surface area contributed by atoms with E-state index in [1.807, 2.05) is 0 Å². The molecule has 0 spiro atoms. The third-order valence-electron chi connectivity index (χ3n) is 3.59. The Balaban J connectivity index is 2.30. The van der Waals surface area contributed by atoms with E-state index in [-0.39, 0.29) is 23.2 Å². The number of hydrogen-bond acceptors (Lipinski definition) is 4. The fraction of sp³-hybridized carbons (Fsp3) is 0.538. The minimum Gasteiger partial charge on any atom is -0.397 e. The number of nitrogen functional groups attached to an aromatic ring is 1. The number of nitrogens with zero attached hydrogens (tertiary/aromatic N) is 1. The van der Waals surface area contributed by atoms with Crippen LogP contribution in [0.4, 0.5) is 5.69 Å². The number of hydrogen-bond donors (Lipinski definition) is 2. The van der Waals surface area contributed by atoms with E-state index < -0.39 is 10.0 Å². The van der Waals surface area contributed by atoms with Crippen LogP contribution in [0.3, 0.4) is 0 Å². The molecule has 0 bridgehead atoms. The summed E-state index contributed by atoms with van der Waals surface area (Å²) in [5.74, 6) is 0. The van der Waals surface area contributed by atoms with Gasteiger partial charge in [-0.15, -0.1) is 0 Å². The van der Waals surface area contributed by atoms with Crippen molar-refractivity contribution in [1.82, 2.24) is 4.31 Å². The van der Waals surface area contributed by atoms with Crippen molar-refractivity contribution in [3.63, 3.8) is 0 Å². The molecule has 5 nitrogen and oxygen atoms in total. The van der Waals surface area contributed by atoms with Gasteiger partial charge in [0.15, 0.2) is 0 Å². The maximum absolute atomic E-state index is 12.7. The Morgan fingerprint density at radius 2 is 2.10 bits per heavy atom. The highest BCUT2D eigenvalue weighted by molar-refractivity contribution is 7.89. The number of halogens is 1. The van der Waals surface area contributed by atoms with Gasteiger partial charge in [-0.25, -0.2) is 8.42 Å². The van der Waals surface area contributed by atoms with Crippen LogP contribution in [0.25, 0.3) is 0 Å². The molecular formula is C13H19ClN2O3S. The smallest absolute Gasteiger partial charge is 0.243 e. The van der Waals surface area contributed by atoms with Crippen LogP contribution >= 0.6 is 11.6 Å². The molecule has 1 aliphatic carbocycles. The first kappa shape index (κ1) is 15.6. The van der Waals surface area contributed by atoms with Crippen molar-refractivity contribution in [1.29, 1.82) is 0 Å². The number of anilines is 1. The number of aliphatic hydroxyl groups is 1. The topological polar surface area (TPSA) is 83.6 Å². The van der Waals surface area contributed by atoms with Gasteiger partial charge in [-0.3, -0.25) is 0 Å². The summed E-state index contributed by atoms with van der Waals surface area (Å²) >= 11 is 5.83.